The van der Waals surface area contributed by atoms with Gasteiger partial charge in [-0.3, -0.25) is 0 Å². The number of aryl methyl sites for hydroxylation is 1. The van der Waals surface area contributed by atoms with Crippen LogP contribution < -0.4 is 9.46 Å². The van der Waals surface area contributed by atoms with Crippen LogP contribution in [0.2, 0.25) is 0 Å². The van der Waals surface area contributed by atoms with Crippen molar-refractivity contribution in [1.29, 1.82) is 0 Å². The number of ether oxygens (including phenoxy) is 1. The van der Waals surface area contributed by atoms with Gasteiger partial charge in [0.05, 0.1) is 7.11 Å². The molecule has 0 aliphatic heterocycles. The van der Waals surface area contributed by atoms with Crippen molar-refractivity contribution in [2.24, 2.45) is 0 Å². The molecule has 0 radical (unpaired) electrons. The minimum atomic E-state index is -3.63. The zero-order valence-electron chi connectivity index (χ0n) is 11.7. The average Bonchev–Trinajstić information content (AvgIpc) is 3.15. The summed E-state index contributed by atoms with van der Waals surface area (Å²) in [7, 11) is -2.20. The molecule has 112 valence electrons. The molecule has 3 rings (SSSR count). The minimum absolute atomic E-state index is 0.0222. The Morgan fingerprint density at radius 2 is 2.14 bits per heavy atom. The molecule has 1 aliphatic rings. The number of hydrogen-bond acceptors (Lipinski definition) is 6. The molecule has 0 bridgehead atoms. The zero-order valence-corrected chi connectivity index (χ0v) is 12.5. The van der Waals surface area contributed by atoms with E-state index in [2.05, 4.69) is 14.9 Å². The molecule has 1 aliphatic carbocycles. The van der Waals surface area contributed by atoms with Gasteiger partial charge in [0.2, 0.25) is 10.0 Å². The lowest BCUT2D eigenvalue weighted by atomic mass is 10.2. The second-order valence-corrected chi connectivity index (χ2v) is 6.59. The number of aromatic nitrogens is 2. The second-order valence-electron chi connectivity index (χ2n) is 4.91. The summed E-state index contributed by atoms with van der Waals surface area (Å²) in [5.41, 5.74) is 0.535. The van der Waals surface area contributed by atoms with Crippen molar-refractivity contribution in [3.05, 3.63) is 24.0 Å². The first-order valence-corrected chi connectivity index (χ1v) is 7.99. The molecule has 7 nitrogen and oxygen atoms in total. The van der Waals surface area contributed by atoms with Crippen molar-refractivity contribution in [3.63, 3.8) is 0 Å². The van der Waals surface area contributed by atoms with Crippen LogP contribution in [0.5, 0.6) is 5.75 Å². The summed E-state index contributed by atoms with van der Waals surface area (Å²) >= 11 is 0. The third-order valence-corrected chi connectivity index (χ3v) is 4.67. The molecule has 1 N–H and O–H groups in total. The highest BCUT2D eigenvalue weighted by Gasteiger charge is 2.30. The molecule has 0 amide bonds. The first kappa shape index (κ1) is 14.0. The largest absolute Gasteiger partial charge is 0.495 e. The van der Waals surface area contributed by atoms with Crippen LogP contribution in [0.25, 0.3) is 11.5 Å². The first-order valence-electron chi connectivity index (χ1n) is 6.50. The van der Waals surface area contributed by atoms with E-state index in [0.29, 0.717) is 11.4 Å². The van der Waals surface area contributed by atoms with Gasteiger partial charge in [-0.1, -0.05) is 5.16 Å². The minimum Gasteiger partial charge on any atom is -0.495 e. The van der Waals surface area contributed by atoms with Crippen LogP contribution >= 0.6 is 0 Å². The summed E-state index contributed by atoms with van der Waals surface area (Å²) in [6.45, 7) is 1.70. The Morgan fingerprint density at radius 1 is 1.38 bits per heavy atom. The average molecular weight is 309 g/mol. The predicted molar refractivity (Wildman–Crippen MR) is 74.4 cm³/mol. The number of sulfonamides is 1. The molecule has 2 aromatic rings. The highest BCUT2D eigenvalue weighted by Crippen LogP contribution is 2.31. The van der Waals surface area contributed by atoms with Crippen molar-refractivity contribution >= 4 is 10.0 Å². The molecule has 0 unspecified atom stereocenters. The Balaban J connectivity index is 2.04. The Hall–Kier alpha value is -1.93. The summed E-state index contributed by atoms with van der Waals surface area (Å²) in [5, 5.41) is 3.70. The summed E-state index contributed by atoms with van der Waals surface area (Å²) in [4.78, 5) is 4.17. The van der Waals surface area contributed by atoms with Crippen LogP contribution in [0.1, 0.15) is 18.7 Å². The number of methoxy groups -OCH3 is 1. The molecule has 0 atom stereocenters. The molecule has 1 aromatic heterocycles. The maximum absolute atomic E-state index is 12.4. The third-order valence-electron chi connectivity index (χ3n) is 3.13. The fraction of sp³-hybridized carbons (Fsp3) is 0.385. The quantitative estimate of drug-likeness (QED) is 0.899. The maximum Gasteiger partial charge on any atom is 0.257 e. The number of nitrogens with one attached hydrogen (secondary N) is 1. The van der Waals surface area contributed by atoms with E-state index in [1.807, 2.05) is 0 Å². The Morgan fingerprint density at radius 3 is 2.71 bits per heavy atom. The number of benzene rings is 1. The maximum atomic E-state index is 12.4. The Bertz CT molecular complexity index is 765. The predicted octanol–water partition coefficient (Wildman–Crippen LogP) is 1.49. The van der Waals surface area contributed by atoms with Crippen LogP contribution in [-0.4, -0.2) is 31.7 Å². The molecule has 0 saturated heterocycles. The molecule has 21 heavy (non-hydrogen) atoms. The van der Waals surface area contributed by atoms with E-state index < -0.39 is 10.0 Å². The normalized spacial score (nSPS) is 15.1. The van der Waals surface area contributed by atoms with Gasteiger partial charge in [-0.25, -0.2) is 13.1 Å². The number of hydrogen-bond donors (Lipinski definition) is 1. The van der Waals surface area contributed by atoms with Gasteiger partial charge < -0.3 is 9.26 Å². The van der Waals surface area contributed by atoms with E-state index in [4.69, 9.17) is 9.26 Å². The van der Waals surface area contributed by atoms with Crippen molar-refractivity contribution in [1.82, 2.24) is 14.9 Å². The highest BCUT2D eigenvalue weighted by molar-refractivity contribution is 7.89. The molecule has 1 saturated carbocycles. The van der Waals surface area contributed by atoms with Gasteiger partial charge >= 0.3 is 0 Å². The zero-order chi connectivity index (χ0) is 15.0. The van der Waals surface area contributed by atoms with Gasteiger partial charge in [0.15, 0.2) is 5.82 Å². The monoisotopic (exact) mass is 309 g/mol. The number of nitrogens with zero attached hydrogens (tertiary/aromatic N) is 2. The van der Waals surface area contributed by atoms with Crippen LogP contribution in [-0.2, 0) is 10.0 Å². The molecule has 1 aromatic carbocycles. The second kappa shape index (κ2) is 5.12. The van der Waals surface area contributed by atoms with Crippen molar-refractivity contribution < 1.29 is 17.7 Å². The fourth-order valence-electron chi connectivity index (χ4n) is 1.92. The fourth-order valence-corrected chi connectivity index (χ4v) is 3.42. The molecule has 1 fully saturated rings. The molecular formula is C13H15N3O4S. The van der Waals surface area contributed by atoms with Gasteiger partial charge in [0.1, 0.15) is 10.6 Å². The van der Waals surface area contributed by atoms with Crippen LogP contribution in [0.4, 0.5) is 0 Å². The first-order chi connectivity index (χ1) is 9.99. The molecule has 8 heteroatoms. The molecule has 0 spiro atoms. The Kier molecular flexibility index (Phi) is 3.42. The van der Waals surface area contributed by atoms with Gasteiger partial charge in [-0.15, -0.1) is 0 Å². The summed E-state index contributed by atoms with van der Waals surface area (Å²) < 4.78 is 37.6. The highest BCUT2D eigenvalue weighted by atomic mass is 32.2. The lowest BCUT2D eigenvalue weighted by Crippen LogP contribution is -2.26. The molecule has 1 heterocycles. The van der Waals surface area contributed by atoms with Crippen LogP contribution in [0, 0.1) is 6.92 Å². The van der Waals surface area contributed by atoms with Gasteiger partial charge in [-0.2, -0.15) is 4.98 Å². The third kappa shape index (κ3) is 2.91. The SMILES string of the molecule is COc1ccc(-c2nc(C)no2)cc1S(=O)(=O)NC1CC1. The van der Waals surface area contributed by atoms with E-state index in [-0.39, 0.29) is 22.6 Å². The summed E-state index contributed by atoms with van der Waals surface area (Å²) in [6, 6.07) is 4.77. The van der Waals surface area contributed by atoms with E-state index in [9.17, 15) is 8.42 Å². The summed E-state index contributed by atoms with van der Waals surface area (Å²) in [6.07, 6.45) is 1.73. The van der Waals surface area contributed by atoms with E-state index in [1.54, 1.807) is 19.1 Å². The Labute approximate surface area is 122 Å². The standard InChI is InChI=1S/C13H15N3O4S/c1-8-14-13(20-15-8)9-3-6-11(19-2)12(7-9)21(17,18)16-10-4-5-10/h3,6-7,10,16H,4-5H2,1-2H3. The topological polar surface area (TPSA) is 94.3 Å². The molecular weight excluding hydrogens is 294 g/mol. The lowest BCUT2D eigenvalue weighted by Gasteiger charge is -2.11. The van der Waals surface area contributed by atoms with Crippen molar-refractivity contribution in [2.75, 3.05) is 7.11 Å². The smallest absolute Gasteiger partial charge is 0.257 e. The number of rotatable bonds is 5. The van der Waals surface area contributed by atoms with Crippen LogP contribution in [0.3, 0.4) is 0 Å². The van der Waals surface area contributed by atoms with E-state index >= 15 is 0 Å². The van der Waals surface area contributed by atoms with E-state index in [1.165, 1.54) is 13.2 Å². The lowest BCUT2D eigenvalue weighted by molar-refractivity contribution is 0.402. The van der Waals surface area contributed by atoms with Crippen LogP contribution in [0.15, 0.2) is 27.6 Å². The van der Waals surface area contributed by atoms with Gasteiger partial charge in [0.25, 0.3) is 5.89 Å². The van der Waals surface area contributed by atoms with Crippen molar-refractivity contribution in [3.8, 4) is 17.2 Å². The van der Waals surface area contributed by atoms with Crippen molar-refractivity contribution in [2.45, 2.75) is 30.7 Å². The van der Waals surface area contributed by atoms with Gasteiger partial charge in [0, 0.05) is 11.6 Å². The van der Waals surface area contributed by atoms with Gasteiger partial charge in [-0.05, 0) is 38.0 Å². The van der Waals surface area contributed by atoms with E-state index in [0.717, 1.165) is 12.8 Å². The summed E-state index contributed by atoms with van der Waals surface area (Å²) in [5.74, 6) is 1.04.